The lowest BCUT2D eigenvalue weighted by atomic mass is 10.0. The van der Waals surface area contributed by atoms with E-state index in [2.05, 4.69) is 5.32 Å². The van der Waals surface area contributed by atoms with Gasteiger partial charge in [-0.1, -0.05) is 18.2 Å². The molecule has 1 aromatic heterocycles. The van der Waals surface area contributed by atoms with E-state index in [4.69, 9.17) is 4.42 Å². The molecule has 1 fully saturated rings. The third kappa shape index (κ3) is 3.03. The van der Waals surface area contributed by atoms with Gasteiger partial charge >= 0.3 is 0 Å². The van der Waals surface area contributed by atoms with Gasteiger partial charge < -0.3 is 14.6 Å². The number of likely N-dealkylation sites (tertiary alicyclic amines) is 1. The van der Waals surface area contributed by atoms with Crippen molar-refractivity contribution in [1.82, 2.24) is 4.90 Å². The first-order chi connectivity index (χ1) is 10.8. The molecule has 3 rings (SSSR count). The average molecular weight is 298 g/mol. The molecule has 1 aromatic carbocycles. The molecular weight excluding hydrogens is 280 g/mol. The Kier molecular flexibility index (Phi) is 4.23. The van der Waals surface area contributed by atoms with Gasteiger partial charge in [0, 0.05) is 12.2 Å². The molecule has 0 aliphatic carbocycles. The molecule has 1 unspecified atom stereocenters. The molecule has 5 nitrogen and oxygen atoms in total. The molecule has 1 aliphatic heterocycles. The zero-order chi connectivity index (χ0) is 15.4. The van der Waals surface area contributed by atoms with Gasteiger partial charge in [0.25, 0.3) is 5.91 Å². The zero-order valence-corrected chi connectivity index (χ0v) is 12.2. The van der Waals surface area contributed by atoms with Crippen LogP contribution in [0.2, 0.25) is 0 Å². The maximum Gasteiger partial charge on any atom is 0.290 e. The van der Waals surface area contributed by atoms with Gasteiger partial charge in [-0.15, -0.1) is 0 Å². The highest BCUT2D eigenvalue weighted by atomic mass is 16.3. The van der Waals surface area contributed by atoms with Gasteiger partial charge in [0.15, 0.2) is 5.76 Å². The lowest BCUT2D eigenvalue weighted by molar-refractivity contribution is -0.121. The summed E-state index contributed by atoms with van der Waals surface area (Å²) in [6, 6.07) is 12.1. The summed E-state index contributed by atoms with van der Waals surface area (Å²) in [6.07, 6.45) is 3.98. The highest BCUT2D eigenvalue weighted by Crippen LogP contribution is 2.21. The number of piperidine rings is 1. The molecule has 1 N–H and O–H groups in total. The number of hydrogen-bond acceptors (Lipinski definition) is 3. The van der Waals surface area contributed by atoms with Crippen LogP contribution < -0.4 is 5.32 Å². The second-order valence-corrected chi connectivity index (χ2v) is 5.34. The first-order valence-electron chi connectivity index (χ1n) is 7.46. The van der Waals surface area contributed by atoms with Gasteiger partial charge in [-0.25, -0.2) is 0 Å². The summed E-state index contributed by atoms with van der Waals surface area (Å²) in [4.78, 5) is 26.6. The monoisotopic (exact) mass is 298 g/mol. The molecule has 22 heavy (non-hydrogen) atoms. The lowest BCUT2D eigenvalue weighted by Gasteiger charge is -2.34. The van der Waals surface area contributed by atoms with Gasteiger partial charge in [0.2, 0.25) is 5.91 Å². The van der Waals surface area contributed by atoms with E-state index in [-0.39, 0.29) is 17.6 Å². The molecule has 0 radical (unpaired) electrons. The van der Waals surface area contributed by atoms with Gasteiger partial charge in [0.1, 0.15) is 6.04 Å². The number of carbonyl (C=O) groups is 2. The number of hydrogen-bond donors (Lipinski definition) is 1. The molecule has 2 heterocycles. The summed E-state index contributed by atoms with van der Waals surface area (Å²) in [6.45, 7) is 0.576. The number of amides is 2. The van der Waals surface area contributed by atoms with Gasteiger partial charge in [0.05, 0.1) is 6.26 Å². The Morgan fingerprint density at radius 1 is 1.09 bits per heavy atom. The van der Waals surface area contributed by atoms with Crippen molar-refractivity contribution >= 4 is 17.5 Å². The summed E-state index contributed by atoms with van der Waals surface area (Å²) in [7, 11) is 0. The number of furan rings is 1. The lowest BCUT2D eigenvalue weighted by Crippen LogP contribution is -2.49. The number of nitrogens with zero attached hydrogens (tertiary/aromatic N) is 1. The van der Waals surface area contributed by atoms with Crippen LogP contribution in [0.5, 0.6) is 0 Å². The van der Waals surface area contributed by atoms with E-state index in [1.54, 1.807) is 17.0 Å². The third-order valence-electron chi connectivity index (χ3n) is 3.84. The minimum Gasteiger partial charge on any atom is -0.459 e. The molecule has 2 aromatic rings. The minimum atomic E-state index is -0.452. The highest BCUT2D eigenvalue weighted by molar-refractivity contribution is 6.00. The van der Waals surface area contributed by atoms with Crippen molar-refractivity contribution in [2.45, 2.75) is 25.3 Å². The van der Waals surface area contributed by atoms with E-state index < -0.39 is 6.04 Å². The molecule has 0 spiro atoms. The average Bonchev–Trinajstić information content (AvgIpc) is 3.09. The van der Waals surface area contributed by atoms with E-state index in [9.17, 15) is 9.59 Å². The van der Waals surface area contributed by atoms with Crippen LogP contribution in [0.1, 0.15) is 29.8 Å². The van der Waals surface area contributed by atoms with Crippen molar-refractivity contribution in [2.75, 3.05) is 11.9 Å². The van der Waals surface area contributed by atoms with Gasteiger partial charge in [-0.2, -0.15) is 0 Å². The van der Waals surface area contributed by atoms with Crippen LogP contribution in [-0.4, -0.2) is 29.3 Å². The Morgan fingerprint density at radius 3 is 2.64 bits per heavy atom. The zero-order valence-electron chi connectivity index (χ0n) is 12.2. The predicted molar refractivity (Wildman–Crippen MR) is 82.5 cm³/mol. The van der Waals surface area contributed by atoms with Crippen LogP contribution in [0.25, 0.3) is 0 Å². The van der Waals surface area contributed by atoms with Crippen LogP contribution in [-0.2, 0) is 4.79 Å². The topological polar surface area (TPSA) is 62.6 Å². The van der Waals surface area contributed by atoms with Crippen molar-refractivity contribution < 1.29 is 14.0 Å². The van der Waals surface area contributed by atoms with Gasteiger partial charge in [-0.3, -0.25) is 9.59 Å². The fourth-order valence-electron chi connectivity index (χ4n) is 2.74. The predicted octanol–water partition coefficient (Wildman–Crippen LogP) is 2.91. The molecule has 5 heteroatoms. The van der Waals surface area contributed by atoms with Crippen molar-refractivity contribution in [3.8, 4) is 0 Å². The molecule has 1 aliphatic rings. The normalized spacial score (nSPS) is 18.0. The first-order valence-corrected chi connectivity index (χ1v) is 7.46. The molecular formula is C17H18N2O3. The van der Waals surface area contributed by atoms with Crippen molar-refractivity contribution in [2.24, 2.45) is 0 Å². The number of benzene rings is 1. The van der Waals surface area contributed by atoms with Crippen LogP contribution in [0.3, 0.4) is 0 Å². The summed E-state index contributed by atoms with van der Waals surface area (Å²) in [5, 5.41) is 2.88. The largest absolute Gasteiger partial charge is 0.459 e. The van der Waals surface area contributed by atoms with E-state index in [0.29, 0.717) is 13.0 Å². The second kappa shape index (κ2) is 6.47. The van der Waals surface area contributed by atoms with Crippen molar-refractivity contribution in [3.05, 3.63) is 54.5 Å². The van der Waals surface area contributed by atoms with Gasteiger partial charge in [-0.05, 0) is 43.5 Å². The minimum absolute atomic E-state index is 0.147. The second-order valence-electron chi connectivity index (χ2n) is 5.34. The fourth-order valence-corrected chi connectivity index (χ4v) is 2.74. The molecule has 2 amide bonds. The number of rotatable bonds is 3. The highest BCUT2D eigenvalue weighted by Gasteiger charge is 2.33. The Balaban J connectivity index is 1.75. The Bertz CT molecular complexity index is 637. The molecule has 1 atom stereocenters. The summed E-state index contributed by atoms with van der Waals surface area (Å²) < 4.78 is 5.17. The van der Waals surface area contributed by atoms with E-state index in [1.807, 2.05) is 30.3 Å². The quantitative estimate of drug-likeness (QED) is 0.947. The molecule has 1 saturated heterocycles. The summed E-state index contributed by atoms with van der Waals surface area (Å²) >= 11 is 0. The van der Waals surface area contributed by atoms with Crippen LogP contribution in [0, 0.1) is 0 Å². The Morgan fingerprint density at radius 2 is 1.91 bits per heavy atom. The third-order valence-corrected chi connectivity index (χ3v) is 3.84. The SMILES string of the molecule is O=C(Nc1ccccc1)C1CCCCN1C(=O)c1ccco1. The van der Waals surface area contributed by atoms with E-state index in [1.165, 1.54) is 6.26 Å². The number of nitrogens with one attached hydrogen (secondary N) is 1. The standard InChI is InChI=1S/C17H18N2O3/c20-16(18-13-7-2-1-3-8-13)14-9-4-5-11-19(14)17(21)15-10-6-12-22-15/h1-3,6-8,10,12,14H,4-5,9,11H2,(H,18,20). The summed E-state index contributed by atoms with van der Waals surface area (Å²) in [5.41, 5.74) is 0.739. The smallest absolute Gasteiger partial charge is 0.290 e. The Labute approximate surface area is 128 Å². The number of carbonyl (C=O) groups excluding carboxylic acids is 2. The number of para-hydroxylation sites is 1. The van der Waals surface area contributed by atoms with Crippen LogP contribution in [0.4, 0.5) is 5.69 Å². The Hall–Kier alpha value is -2.56. The maximum atomic E-state index is 12.5. The van der Waals surface area contributed by atoms with Crippen LogP contribution >= 0.6 is 0 Å². The first kappa shape index (κ1) is 14.4. The van der Waals surface area contributed by atoms with Crippen molar-refractivity contribution in [1.29, 1.82) is 0 Å². The van der Waals surface area contributed by atoms with Crippen molar-refractivity contribution in [3.63, 3.8) is 0 Å². The number of anilines is 1. The maximum absolute atomic E-state index is 12.5. The summed E-state index contributed by atoms with van der Waals surface area (Å²) in [5.74, 6) is -0.0943. The van der Waals surface area contributed by atoms with E-state index >= 15 is 0 Å². The fraction of sp³-hybridized carbons (Fsp3) is 0.294. The molecule has 0 bridgehead atoms. The molecule has 0 saturated carbocycles. The van der Waals surface area contributed by atoms with E-state index in [0.717, 1.165) is 18.5 Å². The van der Waals surface area contributed by atoms with Crippen LogP contribution in [0.15, 0.2) is 53.1 Å². The molecule has 114 valence electrons.